The van der Waals surface area contributed by atoms with Crippen LogP contribution in [0.25, 0.3) is 0 Å². The normalized spacial score (nSPS) is 10.0. The molecule has 3 nitrogen and oxygen atoms in total. The van der Waals surface area contributed by atoms with Gasteiger partial charge in [0.15, 0.2) is 0 Å². The monoisotopic (exact) mass is 270 g/mol. The smallest absolute Gasteiger partial charge is 0.225 e. The van der Waals surface area contributed by atoms with Gasteiger partial charge in [0.2, 0.25) is 5.91 Å². The molecular weight excluding hydrogens is 248 g/mol. The molecule has 0 atom stereocenters. The molecule has 0 saturated carbocycles. The molecular formula is C14H23ClN2O. The predicted molar refractivity (Wildman–Crippen MR) is 77.9 cm³/mol. The zero-order chi connectivity index (χ0) is 12.7. The van der Waals surface area contributed by atoms with Gasteiger partial charge in [-0.05, 0) is 12.0 Å². The van der Waals surface area contributed by atoms with Crippen LogP contribution in [0, 0.1) is 5.92 Å². The van der Waals surface area contributed by atoms with Crippen LogP contribution < -0.4 is 5.73 Å². The van der Waals surface area contributed by atoms with Gasteiger partial charge in [0, 0.05) is 25.6 Å². The van der Waals surface area contributed by atoms with E-state index in [0.717, 1.165) is 13.0 Å². The van der Waals surface area contributed by atoms with E-state index < -0.39 is 0 Å². The van der Waals surface area contributed by atoms with Crippen molar-refractivity contribution < 1.29 is 4.79 Å². The van der Waals surface area contributed by atoms with E-state index in [0.29, 0.717) is 13.1 Å². The Balaban J connectivity index is 0.00000289. The summed E-state index contributed by atoms with van der Waals surface area (Å²) in [6, 6.07) is 10.2. The molecule has 0 heterocycles. The van der Waals surface area contributed by atoms with Gasteiger partial charge in [0.25, 0.3) is 0 Å². The highest BCUT2D eigenvalue weighted by Crippen LogP contribution is 2.05. The second-order valence-electron chi connectivity index (χ2n) is 4.50. The molecule has 0 aliphatic rings. The van der Waals surface area contributed by atoms with Gasteiger partial charge >= 0.3 is 0 Å². The van der Waals surface area contributed by atoms with Crippen LogP contribution in [0.1, 0.15) is 19.4 Å². The Morgan fingerprint density at radius 2 is 1.83 bits per heavy atom. The largest absolute Gasteiger partial charge is 0.341 e. The minimum absolute atomic E-state index is 0. The van der Waals surface area contributed by atoms with Gasteiger partial charge in [0.05, 0.1) is 0 Å². The van der Waals surface area contributed by atoms with Crippen molar-refractivity contribution in [3.63, 3.8) is 0 Å². The highest BCUT2D eigenvalue weighted by Gasteiger charge is 2.15. The number of halogens is 1. The molecule has 102 valence electrons. The van der Waals surface area contributed by atoms with E-state index in [9.17, 15) is 4.79 Å². The number of hydrogen-bond acceptors (Lipinski definition) is 2. The molecule has 0 aliphatic heterocycles. The summed E-state index contributed by atoms with van der Waals surface area (Å²) in [5, 5.41) is 0. The standard InChI is InChI=1S/C14H22N2O.ClH/c1-12(2)14(17)16(11-9-15)10-8-13-6-4-3-5-7-13;/h3-7,12H,8-11,15H2,1-2H3;1H. The SMILES string of the molecule is CC(C)C(=O)N(CCN)CCc1ccccc1.Cl. The Hall–Kier alpha value is -1.06. The summed E-state index contributed by atoms with van der Waals surface area (Å²) in [5.41, 5.74) is 6.80. The maximum Gasteiger partial charge on any atom is 0.225 e. The van der Waals surface area contributed by atoms with Gasteiger partial charge in [-0.25, -0.2) is 0 Å². The lowest BCUT2D eigenvalue weighted by molar-refractivity contribution is -0.134. The summed E-state index contributed by atoms with van der Waals surface area (Å²) in [7, 11) is 0. The van der Waals surface area contributed by atoms with E-state index in [1.165, 1.54) is 5.56 Å². The maximum absolute atomic E-state index is 11.9. The van der Waals surface area contributed by atoms with Gasteiger partial charge in [-0.3, -0.25) is 4.79 Å². The summed E-state index contributed by atoms with van der Waals surface area (Å²) in [6.45, 7) is 5.76. The van der Waals surface area contributed by atoms with Crippen LogP contribution in [0.15, 0.2) is 30.3 Å². The molecule has 1 rings (SSSR count). The van der Waals surface area contributed by atoms with Crippen LogP contribution in [0.4, 0.5) is 0 Å². The van der Waals surface area contributed by atoms with Gasteiger partial charge in [-0.2, -0.15) is 0 Å². The number of hydrogen-bond donors (Lipinski definition) is 1. The summed E-state index contributed by atoms with van der Waals surface area (Å²) in [4.78, 5) is 13.8. The summed E-state index contributed by atoms with van der Waals surface area (Å²) < 4.78 is 0. The van der Waals surface area contributed by atoms with Crippen LogP contribution in [0.5, 0.6) is 0 Å². The fraction of sp³-hybridized carbons (Fsp3) is 0.500. The van der Waals surface area contributed by atoms with E-state index in [4.69, 9.17) is 5.73 Å². The third-order valence-electron chi connectivity index (χ3n) is 2.72. The quantitative estimate of drug-likeness (QED) is 0.860. The highest BCUT2D eigenvalue weighted by atomic mass is 35.5. The highest BCUT2D eigenvalue weighted by molar-refractivity contribution is 5.85. The van der Waals surface area contributed by atoms with Crippen LogP contribution in [-0.2, 0) is 11.2 Å². The molecule has 0 fully saturated rings. The first-order chi connectivity index (χ1) is 8.15. The second kappa shape index (κ2) is 8.95. The molecule has 18 heavy (non-hydrogen) atoms. The molecule has 1 amide bonds. The van der Waals surface area contributed by atoms with Crippen molar-refractivity contribution in [2.45, 2.75) is 20.3 Å². The Morgan fingerprint density at radius 3 is 2.33 bits per heavy atom. The molecule has 0 spiro atoms. The lowest BCUT2D eigenvalue weighted by atomic mass is 10.1. The maximum atomic E-state index is 11.9. The molecule has 0 bridgehead atoms. The molecule has 1 aromatic rings. The van der Waals surface area contributed by atoms with E-state index in [1.54, 1.807) is 0 Å². The van der Waals surface area contributed by atoms with Crippen molar-refractivity contribution >= 4 is 18.3 Å². The van der Waals surface area contributed by atoms with Gasteiger partial charge in [0.1, 0.15) is 0 Å². The molecule has 1 aromatic carbocycles. The van der Waals surface area contributed by atoms with Crippen LogP contribution >= 0.6 is 12.4 Å². The van der Waals surface area contributed by atoms with Crippen molar-refractivity contribution in [2.24, 2.45) is 11.7 Å². The van der Waals surface area contributed by atoms with E-state index in [-0.39, 0.29) is 24.2 Å². The van der Waals surface area contributed by atoms with Crippen molar-refractivity contribution in [3.05, 3.63) is 35.9 Å². The average molecular weight is 271 g/mol. The predicted octanol–water partition coefficient (Wildman–Crippen LogP) is 2.09. The molecule has 0 saturated heterocycles. The number of carbonyl (C=O) groups is 1. The first kappa shape index (κ1) is 16.9. The molecule has 2 N–H and O–H groups in total. The first-order valence-electron chi connectivity index (χ1n) is 6.18. The third kappa shape index (κ3) is 5.52. The van der Waals surface area contributed by atoms with Crippen molar-refractivity contribution in [2.75, 3.05) is 19.6 Å². The second-order valence-corrected chi connectivity index (χ2v) is 4.50. The Kier molecular flexibility index (Phi) is 8.42. The van der Waals surface area contributed by atoms with Crippen LogP contribution in [0.3, 0.4) is 0 Å². The van der Waals surface area contributed by atoms with Gasteiger partial charge < -0.3 is 10.6 Å². The number of amides is 1. The summed E-state index contributed by atoms with van der Waals surface area (Å²) in [6.07, 6.45) is 0.888. The van der Waals surface area contributed by atoms with Crippen LogP contribution in [0.2, 0.25) is 0 Å². The summed E-state index contributed by atoms with van der Waals surface area (Å²) in [5.74, 6) is 0.226. The Bertz CT molecular complexity index is 341. The Labute approximate surface area is 116 Å². The third-order valence-corrected chi connectivity index (χ3v) is 2.72. The molecule has 0 radical (unpaired) electrons. The zero-order valence-electron chi connectivity index (χ0n) is 11.1. The van der Waals surface area contributed by atoms with E-state index in [1.807, 2.05) is 36.9 Å². The lowest BCUT2D eigenvalue weighted by Gasteiger charge is -2.24. The van der Waals surface area contributed by atoms with Gasteiger partial charge in [-0.15, -0.1) is 12.4 Å². The number of benzene rings is 1. The first-order valence-corrected chi connectivity index (χ1v) is 6.18. The number of nitrogens with zero attached hydrogens (tertiary/aromatic N) is 1. The van der Waals surface area contributed by atoms with E-state index >= 15 is 0 Å². The Morgan fingerprint density at radius 1 is 1.22 bits per heavy atom. The summed E-state index contributed by atoms with van der Waals surface area (Å²) >= 11 is 0. The van der Waals surface area contributed by atoms with Crippen molar-refractivity contribution in [1.82, 2.24) is 4.90 Å². The fourth-order valence-electron chi connectivity index (χ4n) is 1.76. The lowest BCUT2D eigenvalue weighted by Crippen LogP contribution is -2.39. The molecule has 4 heteroatoms. The zero-order valence-corrected chi connectivity index (χ0v) is 12.0. The van der Waals surface area contributed by atoms with E-state index in [2.05, 4.69) is 12.1 Å². The van der Waals surface area contributed by atoms with Gasteiger partial charge in [-0.1, -0.05) is 44.2 Å². The van der Waals surface area contributed by atoms with Crippen LogP contribution in [-0.4, -0.2) is 30.4 Å². The number of rotatable bonds is 6. The molecule has 0 aromatic heterocycles. The minimum atomic E-state index is 0. The van der Waals surface area contributed by atoms with Crippen molar-refractivity contribution in [3.8, 4) is 0 Å². The number of nitrogens with two attached hydrogens (primary N) is 1. The topological polar surface area (TPSA) is 46.3 Å². The fourth-order valence-corrected chi connectivity index (χ4v) is 1.76. The molecule has 0 aliphatic carbocycles. The molecule has 0 unspecified atom stereocenters. The average Bonchev–Trinajstić information content (AvgIpc) is 2.34. The minimum Gasteiger partial charge on any atom is -0.341 e. The number of carbonyl (C=O) groups excluding carboxylic acids is 1. The van der Waals surface area contributed by atoms with Crippen molar-refractivity contribution in [1.29, 1.82) is 0 Å².